The van der Waals surface area contributed by atoms with E-state index < -0.39 is 0 Å². The highest BCUT2D eigenvalue weighted by Gasteiger charge is 2.60. The molecule has 1 aliphatic carbocycles. The van der Waals surface area contributed by atoms with Crippen molar-refractivity contribution in [2.45, 2.75) is 26.1 Å². The van der Waals surface area contributed by atoms with Crippen molar-refractivity contribution >= 4 is 17.4 Å². The number of ketones is 1. The van der Waals surface area contributed by atoms with Gasteiger partial charge >= 0.3 is 0 Å². The van der Waals surface area contributed by atoms with E-state index in [1.807, 2.05) is 13.8 Å². The molecule has 2 heteroatoms. The van der Waals surface area contributed by atoms with Gasteiger partial charge in [0.05, 0.1) is 0 Å². The Hall–Kier alpha value is -0.0400. The molecule has 0 aromatic carbocycles. The van der Waals surface area contributed by atoms with Gasteiger partial charge in [-0.05, 0) is 12.8 Å². The first-order valence-corrected chi connectivity index (χ1v) is 3.60. The summed E-state index contributed by atoms with van der Waals surface area (Å²) < 4.78 is 0. The molecule has 0 saturated heterocycles. The summed E-state index contributed by atoms with van der Waals surface area (Å²) in [5, 5.41) is 0.0787. The maximum absolute atomic E-state index is 10.9. The second-order valence-electron chi connectivity index (χ2n) is 3.03. The minimum Gasteiger partial charge on any atom is -0.299 e. The summed E-state index contributed by atoms with van der Waals surface area (Å²) in [6.07, 6.45) is 0. The van der Waals surface area contributed by atoms with Gasteiger partial charge in [0, 0.05) is 10.8 Å². The first-order valence-electron chi connectivity index (χ1n) is 3.16. The molecule has 0 unspecified atom stereocenters. The molecule has 1 rings (SSSR count). The number of rotatable bonds is 1. The molecule has 1 saturated carbocycles. The van der Waals surface area contributed by atoms with Gasteiger partial charge in [0.15, 0.2) is 0 Å². The van der Waals surface area contributed by atoms with Crippen LogP contribution >= 0.6 is 11.6 Å². The van der Waals surface area contributed by atoms with Crippen LogP contribution in [0.3, 0.4) is 0 Å². The van der Waals surface area contributed by atoms with Gasteiger partial charge < -0.3 is 0 Å². The lowest BCUT2D eigenvalue weighted by Gasteiger charge is -2.00. The second-order valence-corrected chi connectivity index (χ2v) is 3.50. The summed E-state index contributed by atoms with van der Waals surface area (Å²) in [7, 11) is 0. The first kappa shape index (κ1) is 7.07. The molecule has 0 heterocycles. The third kappa shape index (κ3) is 0.710. The molecule has 0 amide bonds. The van der Waals surface area contributed by atoms with Gasteiger partial charge in [0.1, 0.15) is 5.78 Å². The fourth-order valence-corrected chi connectivity index (χ4v) is 1.72. The van der Waals surface area contributed by atoms with E-state index in [1.165, 1.54) is 0 Å². The molecule has 1 aliphatic rings. The van der Waals surface area contributed by atoms with Crippen molar-refractivity contribution in [1.29, 1.82) is 0 Å². The van der Waals surface area contributed by atoms with Crippen LogP contribution in [0.1, 0.15) is 20.8 Å². The van der Waals surface area contributed by atoms with E-state index >= 15 is 0 Å². The van der Waals surface area contributed by atoms with Crippen molar-refractivity contribution in [3.63, 3.8) is 0 Å². The SMILES string of the molecule is CC(=O)[C@@]1(C)[C@H](C)[C@H]1Cl. The zero-order valence-electron chi connectivity index (χ0n) is 5.94. The van der Waals surface area contributed by atoms with E-state index in [0.29, 0.717) is 5.92 Å². The second kappa shape index (κ2) is 1.72. The van der Waals surface area contributed by atoms with Crippen LogP contribution < -0.4 is 0 Å². The molecule has 3 atom stereocenters. The lowest BCUT2D eigenvalue weighted by molar-refractivity contribution is -0.121. The van der Waals surface area contributed by atoms with Crippen molar-refractivity contribution in [2.24, 2.45) is 11.3 Å². The lowest BCUT2D eigenvalue weighted by Crippen LogP contribution is -2.10. The summed E-state index contributed by atoms with van der Waals surface area (Å²) in [6.45, 7) is 5.55. The smallest absolute Gasteiger partial charge is 0.137 e. The Balaban J connectivity index is 2.71. The Morgan fingerprint density at radius 3 is 2.00 bits per heavy atom. The molecular formula is C7H11ClO. The number of halogens is 1. The molecule has 9 heavy (non-hydrogen) atoms. The quantitative estimate of drug-likeness (QED) is 0.516. The Morgan fingerprint density at radius 2 is 2.00 bits per heavy atom. The van der Waals surface area contributed by atoms with Gasteiger partial charge in [-0.2, -0.15) is 0 Å². The lowest BCUT2D eigenvalue weighted by atomic mass is 10.0. The van der Waals surface area contributed by atoms with Crippen LogP contribution in [0.2, 0.25) is 0 Å². The molecule has 0 aromatic heterocycles. The summed E-state index contributed by atoms with van der Waals surface area (Å²) >= 11 is 5.82. The molecule has 0 N–H and O–H groups in total. The summed E-state index contributed by atoms with van der Waals surface area (Å²) in [6, 6.07) is 0. The van der Waals surface area contributed by atoms with Crippen LogP contribution in [0.5, 0.6) is 0 Å². The predicted octanol–water partition coefficient (Wildman–Crippen LogP) is 1.84. The van der Waals surface area contributed by atoms with Gasteiger partial charge in [-0.15, -0.1) is 11.6 Å². The standard InChI is InChI=1S/C7H11ClO/c1-4-6(8)7(4,3)5(2)9/h4,6H,1-3H3/t4-,6-,7-/m1/s1. The molecule has 0 aliphatic heterocycles. The average molecular weight is 147 g/mol. The van der Waals surface area contributed by atoms with Gasteiger partial charge in [-0.3, -0.25) is 4.79 Å². The number of carbonyl (C=O) groups excluding carboxylic acids is 1. The Morgan fingerprint density at radius 1 is 1.67 bits per heavy atom. The summed E-state index contributed by atoms with van der Waals surface area (Å²) in [5.74, 6) is 0.590. The molecule has 0 aromatic rings. The Labute approximate surface area is 60.4 Å². The predicted molar refractivity (Wildman–Crippen MR) is 37.6 cm³/mol. The highest BCUT2D eigenvalue weighted by molar-refractivity contribution is 6.26. The van der Waals surface area contributed by atoms with Crippen molar-refractivity contribution in [1.82, 2.24) is 0 Å². The topological polar surface area (TPSA) is 17.1 Å². The normalized spacial score (nSPS) is 48.9. The average Bonchev–Trinajstić information content (AvgIpc) is 2.22. The van der Waals surface area contributed by atoms with E-state index in [9.17, 15) is 4.79 Å². The third-order valence-corrected chi connectivity index (χ3v) is 3.44. The third-order valence-electron chi connectivity index (χ3n) is 2.61. The molecule has 52 valence electrons. The maximum Gasteiger partial charge on any atom is 0.137 e. The van der Waals surface area contributed by atoms with Crippen LogP contribution in [-0.2, 0) is 4.79 Å². The number of hydrogen-bond acceptors (Lipinski definition) is 1. The number of carbonyl (C=O) groups is 1. The van der Waals surface area contributed by atoms with Crippen LogP contribution in [-0.4, -0.2) is 11.2 Å². The van der Waals surface area contributed by atoms with Gasteiger partial charge in [-0.25, -0.2) is 0 Å². The highest BCUT2D eigenvalue weighted by Crippen LogP contribution is 2.56. The van der Waals surface area contributed by atoms with Crippen LogP contribution in [0.25, 0.3) is 0 Å². The van der Waals surface area contributed by atoms with E-state index in [-0.39, 0.29) is 16.6 Å². The van der Waals surface area contributed by atoms with Crippen LogP contribution in [0.4, 0.5) is 0 Å². The monoisotopic (exact) mass is 146 g/mol. The van der Waals surface area contributed by atoms with Crippen molar-refractivity contribution in [3.8, 4) is 0 Å². The molecule has 0 spiro atoms. The van der Waals surface area contributed by atoms with E-state index in [1.54, 1.807) is 6.92 Å². The highest BCUT2D eigenvalue weighted by atomic mass is 35.5. The largest absolute Gasteiger partial charge is 0.299 e. The van der Waals surface area contributed by atoms with Gasteiger partial charge in [0.2, 0.25) is 0 Å². The molecule has 0 radical (unpaired) electrons. The molecular weight excluding hydrogens is 136 g/mol. The summed E-state index contributed by atoms with van der Waals surface area (Å²) in [5.41, 5.74) is -0.207. The van der Waals surface area contributed by atoms with E-state index in [4.69, 9.17) is 11.6 Å². The zero-order valence-corrected chi connectivity index (χ0v) is 6.70. The van der Waals surface area contributed by atoms with Crippen LogP contribution in [0, 0.1) is 11.3 Å². The van der Waals surface area contributed by atoms with Crippen molar-refractivity contribution < 1.29 is 4.79 Å². The Bertz CT molecular complexity index is 145. The van der Waals surface area contributed by atoms with Crippen LogP contribution in [0.15, 0.2) is 0 Å². The minimum absolute atomic E-state index is 0.0787. The van der Waals surface area contributed by atoms with E-state index in [2.05, 4.69) is 0 Å². The number of hydrogen-bond donors (Lipinski definition) is 0. The zero-order chi connectivity index (χ0) is 7.23. The summed E-state index contributed by atoms with van der Waals surface area (Å²) in [4.78, 5) is 10.9. The molecule has 0 bridgehead atoms. The Kier molecular flexibility index (Phi) is 1.35. The molecule has 1 fully saturated rings. The number of alkyl halides is 1. The number of Topliss-reactive ketones (excluding diaryl/α,β-unsaturated/α-hetero) is 1. The van der Waals surface area contributed by atoms with Crippen molar-refractivity contribution in [2.75, 3.05) is 0 Å². The van der Waals surface area contributed by atoms with Gasteiger partial charge in [0.25, 0.3) is 0 Å². The molecule has 1 nitrogen and oxygen atoms in total. The first-order chi connectivity index (χ1) is 4.01. The van der Waals surface area contributed by atoms with E-state index in [0.717, 1.165) is 0 Å². The van der Waals surface area contributed by atoms with Gasteiger partial charge in [-0.1, -0.05) is 13.8 Å². The fraction of sp³-hybridized carbons (Fsp3) is 0.857. The fourth-order valence-electron chi connectivity index (χ4n) is 1.18. The maximum atomic E-state index is 10.9. The van der Waals surface area contributed by atoms with Crippen molar-refractivity contribution in [3.05, 3.63) is 0 Å². The minimum atomic E-state index is -0.207.